The standard InChI is InChI=1S/C7H10O3.C4H4O4.2C4H6O2.C2H5N/c1-5(2)7(8)10-4-6-3-9-6;5-3(6)1-2-4(7)8;1-3(2)4(5)6;1-2-3-4(5)6;1-2-3/h6H,1,3-4H2,2H3;1-2H,(H,5,6)(H,7,8);1H2,2H3,(H,5,6);2-3H,1H3,(H,5,6);2H,1,3H2/b;2-1-;;3-2+;. The molecule has 186 valence electrons. The second kappa shape index (κ2) is 24.1. The van der Waals surface area contributed by atoms with Crippen LogP contribution < -0.4 is 5.73 Å². The Bertz CT molecular complexity index is 704. The number of hydrogen-bond acceptors (Lipinski definition) is 8. The smallest absolute Gasteiger partial charge is 0.333 e. The fourth-order valence-electron chi connectivity index (χ4n) is 0.741. The minimum absolute atomic E-state index is 0.142. The SMILES string of the molecule is C/C=C/C(=O)O.C=C(C)C(=O)O.C=C(C)C(=O)OCC1CO1.C=CN.O=C(O)/C=C\C(=O)O. The van der Waals surface area contributed by atoms with Crippen LogP contribution in [0.25, 0.3) is 0 Å². The molecule has 1 fully saturated rings. The van der Waals surface area contributed by atoms with Crippen LogP contribution in [0.5, 0.6) is 0 Å². The molecular weight excluding hydrogens is 442 g/mol. The summed E-state index contributed by atoms with van der Waals surface area (Å²) < 4.78 is 9.60. The maximum atomic E-state index is 10.7. The van der Waals surface area contributed by atoms with Crippen LogP contribution in [0, 0.1) is 0 Å². The molecule has 0 aliphatic carbocycles. The summed E-state index contributed by atoms with van der Waals surface area (Å²) in [5, 5.41) is 31.3. The molecule has 6 N–H and O–H groups in total. The largest absolute Gasteiger partial charge is 0.478 e. The lowest BCUT2D eigenvalue weighted by Gasteiger charge is -1.99. The van der Waals surface area contributed by atoms with Crippen molar-refractivity contribution >= 4 is 29.8 Å². The molecule has 0 saturated carbocycles. The normalized spacial score (nSPS) is 12.4. The Hall–Kier alpha value is -4.19. The molecule has 1 saturated heterocycles. The second-order valence-corrected chi connectivity index (χ2v) is 5.50. The molecule has 1 aliphatic heterocycles. The quantitative estimate of drug-likeness (QED) is 0.202. The van der Waals surface area contributed by atoms with Gasteiger partial charge in [0.05, 0.1) is 6.61 Å². The summed E-state index contributed by atoms with van der Waals surface area (Å²) in [4.78, 5) is 48.9. The topological polar surface area (TPSA) is 214 Å². The van der Waals surface area contributed by atoms with E-state index >= 15 is 0 Å². The van der Waals surface area contributed by atoms with Crippen LogP contribution in [0.4, 0.5) is 0 Å². The molecule has 0 aromatic heterocycles. The summed E-state index contributed by atoms with van der Waals surface area (Å²) in [6.07, 6.45) is 5.07. The van der Waals surface area contributed by atoms with Crippen LogP contribution in [-0.4, -0.2) is 69.6 Å². The lowest BCUT2D eigenvalue weighted by atomic mass is 10.4. The van der Waals surface area contributed by atoms with Crippen LogP contribution in [-0.2, 0) is 33.4 Å². The molecule has 1 rings (SSSR count). The average Bonchev–Trinajstić information content (AvgIpc) is 3.51. The minimum Gasteiger partial charge on any atom is -0.478 e. The molecular formula is C21H31NO11. The van der Waals surface area contributed by atoms with Gasteiger partial charge in [0.1, 0.15) is 12.7 Å². The number of ether oxygens (including phenoxy) is 2. The van der Waals surface area contributed by atoms with Gasteiger partial charge in [0, 0.05) is 29.4 Å². The first-order valence-electron chi connectivity index (χ1n) is 8.81. The summed E-state index contributed by atoms with van der Waals surface area (Å²) in [5.74, 6) is -4.68. The molecule has 1 heterocycles. The predicted octanol–water partition coefficient (Wildman–Crippen LogP) is 1.60. The van der Waals surface area contributed by atoms with E-state index in [1.807, 2.05) is 0 Å². The monoisotopic (exact) mass is 473 g/mol. The van der Waals surface area contributed by atoms with E-state index in [0.29, 0.717) is 30.9 Å². The van der Waals surface area contributed by atoms with Crippen molar-refractivity contribution in [2.24, 2.45) is 5.73 Å². The van der Waals surface area contributed by atoms with Gasteiger partial charge in [-0.3, -0.25) is 0 Å². The summed E-state index contributed by atoms with van der Waals surface area (Å²) in [7, 11) is 0. The van der Waals surface area contributed by atoms with Crippen LogP contribution >= 0.6 is 0 Å². The number of aliphatic carboxylic acids is 4. The van der Waals surface area contributed by atoms with E-state index in [1.54, 1.807) is 13.8 Å². The average molecular weight is 473 g/mol. The summed E-state index contributed by atoms with van der Waals surface area (Å²) in [5.41, 5.74) is 5.22. The highest BCUT2D eigenvalue weighted by Gasteiger charge is 2.24. The van der Waals surface area contributed by atoms with Crippen molar-refractivity contribution in [2.45, 2.75) is 26.9 Å². The maximum absolute atomic E-state index is 10.7. The van der Waals surface area contributed by atoms with Crippen LogP contribution in [0.15, 0.2) is 61.4 Å². The molecule has 0 aromatic carbocycles. The molecule has 0 radical (unpaired) electrons. The van der Waals surface area contributed by atoms with Crippen LogP contribution in [0.3, 0.4) is 0 Å². The molecule has 12 nitrogen and oxygen atoms in total. The van der Waals surface area contributed by atoms with E-state index in [2.05, 4.69) is 25.5 Å². The molecule has 1 unspecified atom stereocenters. The first-order valence-corrected chi connectivity index (χ1v) is 8.81. The first-order chi connectivity index (χ1) is 15.2. The molecule has 33 heavy (non-hydrogen) atoms. The molecule has 0 amide bonds. The van der Waals surface area contributed by atoms with E-state index in [1.165, 1.54) is 19.2 Å². The fraction of sp³-hybridized carbons (Fsp3) is 0.286. The molecule has 1 atom stereocenters. The van der Waals surface area contributed by atoms with Gasteiger partial charge in [-0.1, -0.05) is 25.8 Å². The molecule has 0 aromatic rings. The van der Waals surface area contributed by atoms with Gasteiger partial charge >= 0.3 is 29.8 Å². The third-order valence-corrected chi connectivity index (χ3v) is 2.19. The maximum Gasteiger partial charge on any atom is 0.333 e. The Morgan fingerprint density at radius 2 is 1.27 bits per heavy atom. The number of allylic oxidation sites excluding steroid dienone is 1. The number of epoxide rings is 1. The summed E-state index contributed by atoms with van der Waals surface area (Å²) in [6, 6.07) is 0. The van der Waals surface area contributed by atoms with Gasteiger partial charge in [-0.2, -0.15) is 0 Å². The second-order valence-electron chi connectivity index (χ2n) is 5.50. The Labute approximate surface area is 191 Å². The molecule has 1 aliphatic rings. The van der Waals surface area contributed by atoms with Crippen molar-refractivity contribution in [3.05, 3.63) is 61.4 Å². The highest BCUT2D eigenvalue weighted by atomic mass is 16.6. The minimum atomic E-state index is -1.26. The lowest BCUT2D eigenvalue weighted by molar-refractivity contribution is -0.139. The molecule has 0 bridgehead atoms. The zero-order chi connectivity index (χ0) is 27.0. The van der Waals surface area contributed by atoms with E-state index < -0.39 is 23.9 Å². The summed E-state index contributed by atoms with van der Waals surface area (Å²) in [6.45, 7) is 15.5. The molecule has 0 spiro atoms. The number of carbonyl (C=O) groups is 5. The van der Waals surface area contributed by atoms with Gasteiger partial charge in [0.2, 0.25) is 0 Å². The third-order valence-electron chi connectivity index (χ3n) is 2.19. The van der Waals surface area contributed by atoms with E-state index in [-0.39, 0.29) is 17.6 Å². The van der Waals surface area contributed by atoms with Crippen molar-refractivity contribution in [1.82, 2.24) is 0 Å². The van der Waals surface area contributed by atoms with E-state index in [9.17, 15) is 24.0 Å². The molecule has 12 heteroatoms. The van der Waals surface area contributed by atoms with Crippen LogP contribution in [0.1, 0.15) is 20.8 Å². The van der Waals surface area contributed by atoms with Gasteiger partial charge in [-0.25, -0.2) is 24.0 Å². The third kappa shape index (κ3) is 47.2. The van der Waals surface area contributed by atoms with Crippen molar-refractivity contribution in [3.8, 4) is 0 Å². The van der Waals surface area contributed by atoms with Gasteiger partial charge in [0.25, 0.3) is 0 Å². The van der Waals surface area contributed by atoms with Gasteiger partial charge in [0.15, 0.2) is 0 Å². The number of esters is 1. The summed E-state index contributed by atoms with van der Waals surface area (Å²) >= 11 is 0. The Balaban J connectivity index is -0.000000167. The number of carboxylic acids is 4. The number of hydrogen-bond donors (Lipinski definition) is 5. The highest BCUT2D eigenvalue weighted by Crippen LogP contribution is 2.09. The fourth-order valence-corrected chi connectivity index (χ4v) is 0.741. The predicted molar refractivity (Wildman–Crippen MR) is 119 cm³/mol. The van der Waals surface area contributed by atoms with Crippen molar-refractivity contribution in [1.29, 1.82) is 0 Å². The zero-order valence-corrected chi connectivity index (χ0v) is 18.7. The Kier molecular flexibility index (Phi) is 26.4. The number of carboxylic acid groups (broad SMARTS) is 4. The van der Waals surface area contributed by atoms with Crippen molar-refractivity contribution in [2.75, 3.05) is 13.2 Å². The van der Waals surface area contributed by atoms with Gasteiger partial charge < -0.3 is 35.6 Å². The van der Waals surface area contributed by atoms with E-state index in [0.717, 1.165) is 6.08 Å². The zero-order valence-electron chi connectivity index (χ0n) is 18.7. The Morgan fingerprint density at radius 3 is 1.42 bits per heavy atom. The first kappa shape index (κ1) is 36.2. The number of rotatable bonds is 7. The number of nitrogens with two attached hydrogens (primary N) is 1. The Morgan fingerprint density at radius 1 is 0.939 bits per heavy atom. The van der Waals surface area contributed by atoms with Crippen molar-refractivity contribution < 1.29 is 53.9 Å². The van der Waals surface area contributed by atoms with Crippen molar-refractivity contribution in [3.63, 3.8) is 0 Å². The van der Waals surface area contributed by atoms with Gasteiger partial charge in [-0.15, -0.1) is 0 Å². The lowest BCUT2D eigenvalue weighted by Crippen LogP contribution is -2.09. The van der Waals surface area contributed by atoms with Crippen LogP contribution in [0.2, 0.25) is 0 Å². The van der Waals surface area contributed by atoms with Gasteiger partial charge in [-0.05, 0) is 27.0 Å². The van der Waals surface area contributed by atoms with E-state index in [4.69, 9.17) is 29.9 Å². The number of carbonyl (C=O) groups excluding carboxylic acids is 1. The highest BCUT2D eigenvalue weighted by molar-refractivity contribution is 5.89.